The Bertz CT molecular complexity index is 586. The van der Waals surface area contributed by atoms with E-state index >= 15 is 0 Å². The molecule has 1 fully saturated rings. The lowest BCUT2D eigenvalue weighted by molar-refractivity contribution is 0.343. The molecule has 1 saturated heterocycles. The number of hydrogen-bond donors (Lipinski definition) is 0. The van der Waals surface area contributed by atoms with E-state index in [9.17, 15) is 9.60 Å². The predicted octanol–water partition coefficient (Wildman–Crippen LogP) is 4.53. The molecule has 2 unspecified atom stereocenters. The minimum absolute atomic E-state index is 0.0823. The molecule has 122 valence electrons. The lowest BCUT2D eigenvalue weighted by Crippen LogP contribution is -2.47. The largest absolute Gasteiger partial charge is 0.620 e. The highest BCUT2D eigenvalue weighted by Crippen LogP contribution is 2.39. The zero-order valence-corrected chi connectivity index (χ0v) is 18.0. The number of nitrogens with zero attached hydrogens (tertiary/aromatic N) is 3. The van der Waals surface area contributed by atoms with Gasteiger partial charge < -0.3 is 5.21 Å². The summed E-state index contributed by atoms with van der Waals surface area (Å²) >= 11 is 13.8. The van der Waals surface area contributed by atoms with Gasteiger partial charge in [-0.25, -0.2) is 14.3 Å². The molecule has 0 spiro atoms. The van der Waals surface area contributed by atoms with Crippen molar-refractivity contribution in [2.24, 2.45) is 4.99 Å². The van der Waals surface area contributed by atoms with Crippen LogP contribution in [0.5, 0.6) is 0 Å². The van der Waals surface area contributed by atoms with Gasteiger partial charge in [0.1, 0.15) is 14.9 Å². The zero-order chi connectivity index (χ0) is 16.5. The van der Waals surface area contributed by atoms with Gasteiger partial charge in [-0.2, -0.15) is 0 Å². The van der Waals surface area contributed by atoms with Crippen molar-refractivity contribution in [1.29, 1.82) is 0 Å². The van der Waals surface area contributed by atoms with Gasteiger partial charge in [0.2, 0.25) is 5.84 Å². The Balaban J connectivity index is 2.44. The van der Waals surface area contributed by atoms with Crippen molar-refractivity contribution in [3.05, 3.63) is 35.3 Å². The summed E-state index contributed by atoms with van der Waals surface area (Å²) in [5, 5.41) is 13.8. The number of alkyl halides is 4. The maximum Gasteiger partial charge on any atom is 0.220 e. The maximum absolute atomic E-state index is 14.1. The molecular weight excluding hydrogens is 553 g/mol. The van der Waals surface area contributed by atoms with E-state index < -0.39 is 13.7 Å². The minimum atomic E-state index is -0.899. The predicted molar refractivity (Wildman–Crippen MR) is 104 cm³/mol. The Kier molecular flexibility index (Phi) is 6.24. The summed E-state index contributed by atoms with van der Waals surface area (Å²) in [6.07, 6.45) is 0. The van der Waals surface area contributed by atoms with Crippen LogP contribution in [0.25, 0.3) is 0 Å². The van der Waals surface area contributed by atoms with Gasteiger partial charge in [-0.1, -0.05) is 75.9 Å². The van der Waals surface area contributed by atoms with Crippen molar-refractivity contribution in [1.82, 2.24) is 9.55 Å². The summed E-state index contributed by atoms with van der Waals surface area (Å²) in [6.45, 7) is 0.518. The molecule has 0 amide bonds. The molecule has 4 nitrogen and oxygen atoms in total. The molecule has 0 aliphatic carbocycles. The van der Waals surface area contributed by atoms with Crippen LogP contribution in [0.2, 0.25) is 0 Å². The van der Waals surface area contributed by atoms with Gasteiger partial charge in [-0.05, 0) is 13.1 Å². The van der Waals surface area contributed by atoms with Crippen LogP contribution in [0, 0.1) is 11.0 Å². The molecule has 1 aliphatic heterocycles. The third-order valence-electron chi connectivity index (χ3n) is 3.30. The first-order valence-electron chi connectivity index (χ1n) is 6.38. The van der Waals surface area contributed by atoms with Crippen molar-refractivity contribution in [3.8, 4) is 0 Å². The lowest BCUT2D eigenvalue weighted by atomic mass is 10.2. The molecule has 0 aromatic heterocycles. The van der Waals surface area contributed by atoms with E-state index in [1.165, 1.54) is 12.1 Å². The summed E-state index contributed by atoms with van der Waals surface area (Å²) in [6, 6.07) is 6.05. The van der Waals surface area contributed by atoms with E-state index in [0.29, 0.717) is 17.7 Å². The molecular formula is C13H14Br4FN3O. The van der Waals surface area contributed by atoms with Gasteiger partial charge in [-0.15, -0.1) is 0 Å². The fourth-order valence-corrected chi connectivity index (χ4v) is 3.55. The number of hydroxylamine groups is 2. The highest BCUT2D eigenvalue weighted by Gasteiger charge is 2.41. The van der Waals surface area contributed by atoms with Crippen LogP contribution in [-0.4, -0.2) is 44.5 Å². The van der Waals surface area contributed by atoms with E-state index in [1.807, 2.05) is 11.9 Å². The zero-order valence-electron chi connectivity index (χ0n) is 11.6. The summed E-state index contributed by atoms with van der Waals surface area (Å²) in [7, 11) is 1.82. The average Bonchev–Trinajstić information content (AvgIpc) is 2.74. The van der Waals surface area contributed by atoms with Crippen LogP contribution >= 0.6 is 63.7 Å². The quantitative estimate of drug-likeness (QED) is 0.232. The van der Waals surface area contributed by atoms with Crippen molar-refractivity contribution >= 4 is 75.2 Å². The highest BCUT2D eigenvalue weighted by atomic mass is 79.9. The summed E-state index contributed by atoms with van der Waals surface area (Å²) in [5.41, 5.74) is 0.0823. The Hall–Kier alpha value is 0.620. The van der Waals surface area contributed by atoms with Gasteiger partial charge in [0.05, 0.1) is 6.54 Å². The first-order chi connectivity index (χ1) is 10.2. The van der Waals surface area contributed by atoms with Gasteiger partial charge in [-0.3, -0.25) is 4.65 Å². The molecule has 0 bridgehead atoms. The van der Waals surface area contributed by atoms with E-state index in [4.69, 9.17) is 0 Å². The van der Waals surface area contributed by atoms with E-state index in [-0.39, 0.29) is 17.3 Å². The summed E-state index contributed by atoms with van der Waals surface area (Å²) < 4.78 is 12.7. The smallest absolute Gasteiger partial charge is 0.220 e. The van der Waals surface area contributed by atoms with Crippen LogP contribution in [0.1, 0.15) is 0 Å². The molecule has 22 heavy (non-hydrogen) atoms. The highest BCUT2D eigenvalue weighted by molar-refractivity contribution is 9.27. The monoisotopic (exact) mass is 563 g/mol. The Morgan fingerprint density at radius 1 is 1.45 bits per heavy atom. The fourth-order valence-electron chi connectivity index (χ4n) is 2.21. The third kappa shape index (κ3) is 3.81. The topological polar surface area (TPSA) is 38.7 Å². The van der Waals surface area contributed by atoms with Gasteiger partial charge in [0.15, 0.2) is 11.5 Å². The van der Waals surface area contributed by atoms with E-state index in [2.05, 4.69) is 68.7 Å². The van der Waals surface area contributed by atoms with E-state index in [1.54, 1.807) is 12.1 Å². The molecule has 0 N–H and O–H groups in total. The summed E-state index contributed by atoms with van der Waals surface area (Å²) in [4.78, 5) is 5.94. The molecule has 1 heterocycles. The standard InChI is InChI=1S/C13H14Br4FN3O/c1-20-6-11(19-12(15)13(16,17)7-14)21(22,8-20)10-5-3-2-4-9(10)18/h2-5,12H,6-8H2,1H3. The molecule has 1 aromatic carbocycles. The van der Waals surface area contributed by atoms with Crippen LogP contribution in [0.15, 0.2) is 29.3 Å². The first kappa shape index (κ1) is 19.0. The SMILES string of the molecule is CN1CC(=NC(Br)C(Br)(Br)CBr)[N+]([O-])(c2ccccc2F)C1. The Labute approximate surface area is 162 Å². The molecule has 9 heteroatoms. The lowest BCUT2D eigenvalue weighted by Gasteiger charge is -2.37. The van der Waals surface area contributed by atoms with E-state index in [0.717, 1.165) is 0 Å². The first-order valence-corrected chi connectivity index (χ1v) is 10.0. The number of halogens is 5. The molecule has 2 atom stereocenters. The van der Waals surface area contributed by atoms with Gasteiger partial charge >= 0.3 is 0 Å². The number of aliphatic imine (C=N–C) groups is 1. The van der Waals surface area contributed by atoms with Crippen molar-refractivity contribution < 1.29 is 4.39 Å². The minimum Gasteiger partial charge on any atom is -0.620 e. The van der Waals surface area contributed by atoms with Gasteiger partial charge in [0.25, 0.3) is 0 Å². The number of hydrogen-bond acceptors (Lipinski definition) is 3. The second-order valence-electron chi connectivity index (χ2n) is 5.12. The van der Waals surface area contributed by atoms with Crippen molar-refractivity contribution in [2.45, 2.75) is 8.18 Å². The second kappa shape index (κ2) is 7.25. The molecule has 1 aromatic rings. The number of benzene rings is 1. The molecule has 0 saturated carbocycles. The molecule has 2 rings (SSSR count). The fraction of sp³-hybridized carbons (Fsp3) is 0.462. The number of amidine groups is 1. The Morgan fingerprint density at radius 3 is 2.68 bits per heavy atom. The maximum atomic E-state index is 14.1. The third-order valence-corrected chi connectivity index (χ3v) is 9.33. The van der Waals surface area contributed by atoms with Crippen molar-refractivity contribution in [3.63, 3.8) is 0 Å². The number of para-hydroxylation sites is 1. The number of likely N-dealkylation sites (N-methyl/N-ethyl adjacent to an activating group) is 1. The number of quaternary nitrogens is 1. The normalized spacial score (nSPS) is 26.6. The van der Waals surface area contributed by atoms with Crippen LogP contribution in [-0.2, 0) is 0 Å². The summed E-state index contributed by atoms with van der Waals surface area (Å²) in [5.74, 6) is -0.158. The van der Waals surface area contributed by atoms with Gasteiger partial charge in [0, 0.05) is 11.4 Å². The van der Waals surface area contributed by atoms with Crippen LogP contribution in [0.4, 0.5) is 10.1 Å². The van der Waals surface area contributed by atoms with Crippen LogP contribution < -0.4 is 4.65 Å². The second-order valence-corrected chi connectivity index (χ2v) is 10.4. The molecule has 0 radical (unpaired) electrons. The average molecular weight is 567 g/mol. The number of rotatable bonds is 4. The molecule has 1 aliphatic rings. The van der Waals surface area contributed by atoms with Crippen LogP contribution in [0.3, 0.4) is 0 Å². The van der Waals surface area contributed by atoms with Crippen molar-refractivity contribution in [2.75, 3.05) is 25.6 Å². The Morgan fingerprint density at radius 2 is 2.09 bits per heavy atom.